The zero-order valence-corrected chi connectivity index (χ0v) is 9.86. The molecule has 1 atom stereocenters. The fourth-order valence-corrected chi connectivity index (χ4v) is 2.24. The molecule has 0 unspecified atom stereocenters. The van der Waals surface area contributed by atoms with Crippen molar-refractivity contribution in [2.24, 2.45) is 0 Å². The Morgan fingerprint density at radius 2 is 2.18 bits per heavy atom. The van der Waals surface area contributed by atoms with Crippen molar-refractivity contribution in [2.45, 2.75) is 25.4 Å². The largest absolute Gasteiger partial charge is 0.468 e. The molecule has 0 aromatic heterocycles. The number of carbonyl (C=O) groups excluding carboxylic acids is 1. The standard InChI is InChI=1S/C13H16FNO2/c1-17-13(16)12-3-2-8-15(12)9-10-4-6-11(14)7-5-10/h4-7,12H,2-3,8-9H2,1H3/t12-/m0/s1. The summed E-state index contributed by atoms with van der Waals surface area (Å²) in [5.74, 6) is -0.413. The number of ether oxygens (including phenoxy) is 1. The summed E-state index contributed by atoms with van der Waals surface area (Å²) in [6, 6.07) is 6.24. The van der Waals surface area contributed by atoms with E-state index in [-0.39, 0.29) is 17.8 Å². The average molecular weight is 237 g/mol. The molecule has 0 amide bonds. The van der Waals surface area contributed by atoms with Crippen LogP contribution in [0.25, 0.3) is 0 Å². The number of carbonyl (C=O) groups is 1. The van der Waals surface area contributed by atoms with Crippen LogP contribution < -0.4 is 0 Å². The zero-order valence-electron chi connectivity index (χ0n) is 9.86. The summed E-state index contributed by atoms with van der Waals surface area (Å²) < 4.78 is 17.6. The van der Waals surface area contributed by atoms with Crippen LogP contribution in [0, 0.1) is 5.82 Å². The molecule has 0 bridgehead atoms. The lowest BCUT2D eigenvalue weighted by Crippen LogP contribution is -2.36. The first kappa shape index (κ1) is 12.0. The van der Waals surface area contributed by atoms with Gasteiger partial charge < -0.3 is 4.74 Å². The number of hydrogen-bond donors (Lipinski definition) is 0. The highest BCUT2D eigenvalue weighted by molar-refractivity contribution is 5.75. The van der Waals surface area contributed by atoms with E-state index in [9.17, 15) is 9.18 Å². The molecule has 1 aromatic carbocycles. The highest BCUT2D eigenvalue weighted by atomic mass is 19.1. The minimum atomic E-state index is -0.236. The summed E-state index contributed by atoms with van der Waals surface area (Å²) in [6.07, 6.45) is 1.84. The van der Waals surface area contributed by atoms with Crippen molar-refractivity contribution < 1.29 is 13.9 Å². The quantitative estimate of drug-likeness (QED) is 0.753. The van der Waals surface area contributed by atoms with E-state index in [1.165, 1.54) is 19.2 Å². The predicted octanol–water partition coefficient (Wildman–Crippen LogP) is 1.96. The third kappa shape index (κ3) is 2.82. The molecule has 92 valence electrons. The Morgan fingerprint density at radius 1 is 1.47 bits per heavy atom. The number of halogens is 1. The molecule has 4 heteroatoms. The summed E-state index contributed by atoms with van der Waals surface area (Å²) >= 11 is 0. The van der Waals surface area contributed by atoms with Crippen LogP contribution in [0.15, 0.2) is 24.3 Å². The molecule has 17 heavy (non-hydrogen) atoms. The maximum absolute atomic E-state index is 12.8. The first-order valence-electron chi connectivity index (χ1n) is 5.77. The number of hydrogen-bond acceptors (Lipinski definition) is 3. The molecule has 0 saturated carbocycles. The molecule has 3 nitrogen and oxygen atoms in total. The monoisotopic (exact) mass is 237 g/mol. The van der Waals surface area contributed by atoms with Crippen LogP contribution in [0.1, 0.15) is 18.4 Å². The second-order valence-corrected chi connectivity index (χ2v) is 4.28. The first-order valence-corrected chi connectivity index (χ1v) is 5.77. The van der Waals surface area contributed by atoms with Gasteiger partial charge in [-0.25, -0.2) is 4.39 Å². The van der Waals surface area contributed by atoms with Crippen LogP contribution in [0.2, 0.25) is 0 Å². The van der Waals surface area contributed by atoms with E-state index in [1.807, 2.05) is 0 Å². The van der Waals surface area contributed by atoms with Crippen LogP contribution in [0.3, 0.4) is 0 Å². The molecule has 2 rings (SSSR count). The van der Waals surface area contributed by atoms with Crippen molar-refractivity contribution in [1.29, 1.82) is 0 Å². The molecule has 1 fully saturated rings. The van der Waals surface area contributed by atoms with Gasteiger partial charge in [0.1, 0.15) is 11.9 Å². The van der Waals surface area contributed by atoms with E-state index in [1.54, 1.807) is 12.1 Å². The highest BCUT2D eigenvalue weighted by Crippen LogP contribution is 2.21. The summed E-state index contributed by atoms with van der Waals surface area (Å²) in [7, 11) is 1.41. The van der Waals surface area contributed by atoms with Gasteiger partial charge in [0.05, 0.1) is 7.11 Å². The maximum atomic E-state index is 12.8. The van der Waals surface area contributed by atoms with E-state index < -0.39 is 0 Å². The van der Waals surface area contributed by atoms with E-state index in [0.29, 0.717) is 6.54 Å². The van der Waals surface area contributed by atoms with Crippen LogP contribution in [-0.4, -0.2) is 30.6 Å². The van der Waals surface area contributed by atoms with Gasteiger partial charge in [0.2, 0.25) is 0 Å². The van der Waals surface area contributed by atoms with Gasteiger partial charge in [-0.2, -0.15) is 0 Å². The molecule has 1 aliphatic heterocycles. The third-order valence-corrected chi connectivity index (χ3v) is 3.14. The average Bonchev–Trinajstić information content (AvgIpc) is 2.79. The minimum Gasteiger partial charge on any atom is -0.468 e. The van der Waals surface area contributed by atoms with Gasteiger partial charge in [-0.15, -0.1) is 0 Å². The number of likely N-dealkylation sites (tertiary alicyclic amines) is 1. The second kappa shape index (κ2) is 5.27. The lowest BCUT2D eigenvalue weighted by molar-refractivity contribution is -0.146. The Hall–Kier alpha value is -1.42. The lowest BCUT2D eigenvalue weighted by Gasteiger charge is -2.22. The number of methoxy groups -OCH3 is 1. The zero-order chi connectivity index (χ0) is 12.3. The van der Waals surface area contributed by atoms with Crippen molar-refractivity contribution in [1.82, 2.24) is 4.90 Å². The van der Waals surface area contributed by atoms with Gasteiger partial charge in [-0.05, 0) is 37.1 Å². The third-order valence-electron chi connectivity index (χ3n) is 3.14. The molecule has 0 spiro atoms. The van der Waals surface area contributed by atoms with Crippen molar-refractivity contribution in [2.75, 3.05) is 13.7 Å². The Labute approximate surface area is 100 Å². The number of esters is 1. The summed E-state index contributed by atoms with van der Waals surface area (Å²) in [4.78, 5) is 13.6. The number of benzene rings is 1. The van der Waals surface area contributed by atoms with Gasteiger partial charge in [0, 0.05) is 6.54 Å². The van der Waals surface area contributed by atoms with E-state index in [2.05, 4.69) is 4.90 Å². The van der Waals surface area contributed by atoms with Crippen molar-refractivity contribution in [3.8, 4) is 0 Å². The predicted molar refractivity (Wildman–Crippen MR) is 61.8 cm³/mol. The van der Waals surface area contributed by atoms with Crippen LogP contribution in [0.5, 0.6) is 0 Å². The normalized spacial score (nSPS) is 20.5. The van der Waals surface area contributed by atoms with E-state index in [4.69, 9.17) is 4.74 Å². The Kier molecular flexibility index (Phi) is 3.74. The van der Waals surface area contributed by atoms with Crippen molar-refractivity contribution in [3.63, 3.8) is 0 Å². The van der Waals surface area contributed by atoms with Crippen molar-refractivity contribution >= 4 is 5.97 Å². The molecule has 1 aliphatic rings. The van der Waals surface area contributed by atoms with Crippen LogP contribution in [0.4, 0.5) is 4.39 Å². The van der Waals surface area contributed by atoms with Gasteiger partial charge in [-0.3, -0.25) is 9.69 Å². The van der Waals surface area contributed by atoms with Gasteiger partial charge in [-0.1, -0.05) is 12.1 Å². The van der Waals surface area contributed by atoms with E-state index >= 15 is 0 Å². The smallest absolute Gasteiger partial charge is 0.323 e. The second-order valence-electron chi connectivity index (χ2n) is 4.28. The molecule has 0 N–H and O–H groups in total. The van der Waals surface area contributed by atoms with Gasteiger partial charge >= 0.3 is 5.97 Å². The first-order chi connectivity index (χ1) is 8.20. The Bertz CT molecular complexity index is 391. The lowest BCUT2D eigenvalue weighted by atomic mass is 10.2. The molecule has 1 heterocycles. The number of nitrogens with zero attached hydrogens (tertiary/aromatic N) is 1. The molecule has 0 radical (unpaired) electrons. The van der Waals surface area contributed by atoms with Gasteiger partial charge in [0.15, 0.2) is 0 Å². The molecule has 0 aliphatic carbocycles. The molecular formula is C13H16FNO2. The van der Waals surface area contributed by atoms with Crippen LogP contribution in [-0.2, 0) is 16.1 Å². The van der Waals surface area contributed by atoms with Crippen molar-refractivity contribution in [3.05, 3.63) is 35.6 Å². The molecular weight excluding hydrogens is 221 g/mol. The highest BCUT2D eigenvalue weighted by Gasteiger charge is 2.31. The summed E-state index contributed by atoms with van der Waals surface area (Å²) in [5, 5.41) is 0. The molecule has 1 aromatic rings. The summed E-state index contributed by atoms with van der Waals surface area (Å²) in [5.41, 5.74) is 1.02. The van der Waals surface area contributed by atoms with Crippen LogP contribution >= 0.6 is 0 Å². The maximum Gasteiger partial charge on any atom is 0.323 e. The minimum absolute atomic E-state index is 0.148. The fourth-order valence-electron chi connectivity index (χ4n) is 2.24. The Morgan fingerprint density at radius 3 is 2.82 bits per heavy atom. The summed E-state index contributed by atoms with van der Waals surface area (Å²) in [6.45, 7) is 1.55. The van der Waals surface area contributed by atoms with Gasteiger partial charge in [0.25, 0.3) is 0 Å². The number of rotatable bonds is 3. The SMILES string of the molecule is COC(=O)[C@@H]1CCCN1Cc1ccc(F)cc1. The van der Waals surface area contributed by atoms with E-state index in [0.717, 1.165) is 24.9 Å². The Balaban J connectivity index is 2.02. The molecule has 1 saturated heterocycles. The fraction of sp³-hybridized carbons (Fsp3) is 0.462. The topological polar surface area (TPSA) is 29.5 Å².